The van der Waals surface area contributed by atoms with Crippen molar-refractivity contribution in [3.63, 3.8) is 0 Å². The van der Waals surface area contributed by atoms with Gasteiger partial charge in [0.15, 0.2) is 18.2 Å². The van der Waals surface area contributed by atoms with Gasteiger partial charge in [0.25, 0.3) is 5.91 Å². The molecule has 0 saturated carbocycles. The van der Waals surface area contributed by atoms with Crippen molar-refractivity contribution in [1.29, 1.82) is 0 Å². The first-order valence-electron chi connectivity index (χ1n) is 5.19. The first kappa shape index (κ1) is 11.7. The molecular formula is C11H11F2N2O2+. The molecule has 1 aromatic rings. The maximum absolute atomic E-state index is 13.4. The number of piperazine rings is 1. The highest BCUT2D eigenvalue weighted by molar-refractivity contribution is 5.89. The van der Waals surface area contributed by atoms with E-state index < -0.39 is 17.5 Å². The number of benzene rings is 1. The van der Waals surface area contributed by atoms with Crippen LogP contribution in [0.25, 0.3) is 0 Å². The first-order chi connectivity index (χ1) is 8.09. The number of rotatable bonds is 1. The van der Waals surface area contributed by atoms with Gasteiger partial charge in [-0.2, -0.15) is 0 Å². The molecule has 1 aliphatic heterocycles. The summed E-state index contributed by atoms with van der Waals surface area (Å²) in [5.41, 5.74) is -0.310. The number of amides is 2. The Morgan fingerprint density at radius 3 is 2.82 bits per heavy atom. The fraction of sp³-hybridized carbons (Fsp3) is 0.273. The Morgan fingerprint density at radius 1 is 1.35 bits per heavy atom. The zero-order chi connectivity index (χ0) is 12.4. The van der Waals surface area contributed by atoms with E-state index in [1.54, 1.807) is 0 Å². The van der Waals surface area contributed by atoms with Gasteiger partial charge in [-0.05, 0) is 12.1 Å². The second-order valence-corrected chi connectivity index (χ2v) is 3.81. The molecule has 1 atom stereocenters. The Morgan fingerprint density at radius 2 is 2.12 bits per heavy atom. The van der Waals surface area contributed by atoms with Crippen LogP contribution in [0.1, 0.15) is 10.4 Å². The Kier molecular flexibility index (Phi) is 3.14. The number of halogens is 2. The predicted molar refractivity (Wildman–Crippen MR) is 54.4 cm³/mol. The normalized spacial score (nSPS) is 19.9. The van der Waals surface area contributed by atoms with Crippen molar-refractivity contribution in [3.05, 3.63) is 35.4 Å². The van der Waals surface area contributed by atoms with Gasteiger partial charge in [0.2, 0.25) is 0 Å². The van der Waals surface area contributed by atoms with Gasteiger partial charge in [0.1, 0.15) is 12.1 Å². The Bertz CT molecular complexity index is 477. The fourth-order valence-corrected chi connectivity index (χ4v) is 1.76. The van der Waals surface area contributed by atoms with E-state index in [0.717, 1.165) is 6.07 Å². The topological polar surface area (TPSA) is 50.6 Å². The van der Waals surface area contributed by atoms with Crippen LogP contribution in [0.15, 0.2) is 18.2 Å². The predicted octanol–water partition coefficient (Wildman–Crippen LogP) is -0.880. The van der Waals surface area contributed by atoms with E-state index in [0.29, 0.717) is 18.0 Å². The second-order valence-electron chi connectivity index (χ2n) is 3.81. The van der Waals surface area contributed by atoms with E-state index in [1.807, 2.05) is 0 Å². The van der Waals surface area contributed by atoms with E-state index in [1.165, 1.54) is 12.1 Å². The molecule has 2 amide bonds. The lowest BCUT2D eigenvalue weighted by Crippen LogP contribution is -3.17. The summed E-state index contributed by atoms with van der Waals surface area (Å²) in [6.07, 6.45) is 0. The lowest BCUT2D eigenvalue weighted by atomic mass is 10.1. The Hall–Kier alpha value is -1.82. The van der Waals surface area contributed by atoms with Gasteiger partial charge in [-0.15, -0.1) is 0 Å². The summed E-state index contributed by atoms with van der Waals surface area (Å²) in [4.78, 5) is 23.3. The molecule has 1 fully saturated rings. The lowest BCUT2D eigenvalue weighted by Gasteiger charge is -2.21. The lowest BCUT2D eigenvalue weighted by molar-refractivity contribution is -0.807. The van der Waals surface area contributed by atoms with E-state index in [-0.39, 0.29) is 18.0 Å². The third-order valence-electron chi connectivity index (χ3n) is 2.64. The van der Waals surface area contributed by atoms with Crippen molar-refractivity contribution in [3.8, 4) is 0 Å². The Balaban J connectivity index is 2.24. The van der Waals surface area contributed by atoms with Crippen LogP contribution in [-0.2, 0) is 4.79 Å². The maximum Gasteiger partial charge on any atom is 0.347 e. The largest absolute Gasteiger partial charge is 0.347 e. The summed E-state index contributed by atoms with van der Waals surface area (Å²) in [6, 6.07) is 3.44. The molecule has 0 radical (unpaired) electrons. The van der Waals surface area contributed by atoms with Crippen LogP contribution in [0.2, 0.25) is 0 Å². The van der Waals surface area contributed by atoms with Crippen LogP contribution in [0.5, 0.6) is 0 Å². The van der Waals surface area contributed by atoms with Crippen molar-refractivity contribution < 1.29 is 23.3 Å². The molecule has 0 aliphatic carbocycles. The highest BCUT2D eigenvalue weighted by Gasteiger charge is 2.30. The fourth-order valence-electron chi connectivity index (χ4n) is 1.76. The molecule has 1 aromatic carbocycles. The van der Waals surface area contributed by atoms with E-state index >= 15 is 0 Å². The zero-order valence-electron chi connectivity index (χ0n) is 8.93. The summed E-state index contributed by atoms with van der Waals surface area (Å²) < 4.78 is 26.4. The van der Waals surface area contributed by atoms with Crippen LogP contribution in [0, 0.1) is 11.6 Å². The summed E-state index contributed by atoms with van der Waals surface area (Å²) in [6.45, 7) is 0.687. The third-order valence-corrected chi connectivity index (χ3v) is 2.64. The molecule has 1 aliphatic rings. The zero-order valence-corrected chi connectivity index (χ0v) is 8.93. The minimum absolute atomic E-state index is 0.0468. The smallest absolute Gasteiger partial charge is 0.346 e. The quantitative estimate of drug-likeness (QED) is 0.671. The number of hydrogen-bond acceptors (Lipinski definition) is 2. The van der Waals surface area contributed by atoms with Gasteiger partial charge >= 0.3 is 5.91 Å². The van der Waals surface area contributed by atoms with Gasteiger partial charge in [-0.3, -0.25) is 9.69 Å². The molecule has 2 rings (SSSR count). The van der Waals surface area contributed by atoms with Gasteiger partial charge in [0.05, 0.1) is 6.54 Å². The molecule has 1 unspecified atom stereocenters. The third kappa shape index (κ3) is 2.31. The summed E-state index contributed by atoms with van der Waals surface area (Å²) >= 11 is 0. The number of hydrogen-bond donors (Lipinski definition) is 2. The molecule has 6 heteroatoms. The van der Waals surface area contributed by atoms with Crippen LogP contribution in [0.4, 0.5) is 8.78 Å². The van der Waals surface area contributed by atoms with E-state index in [2.05, 4.69) is 5.32 Å². The minimum Gasteiger partial charge on any atom is -0.346 e. The molecule has 2 N–H and O–H groups in total. The van der Waals surface area contributed by atoms with E-state index in [4.69, 9.17) is 0 Å². The Labute approximate surface area is 96.2 Å². The van der Waals surface area contributed by atoms with Crippen LogP contribution in [0.3, 0.4) is 0 Å². The average molecular weight is 241 g/mol. The molecule has 1 saturated heterocycles. The minimum atomic E-state index is -1.16. The SMILES string of the molecule is O=C1C[NH+](C(=O)c2cccc(F)c2F)CCN1. The first-order valence-corrected chi connectivity index (χ1v) is 5.19. The molecule has 4 nitrogen and oxygen atoms in total. The van der Waals surface area contributed by atoms with Gasteiger partial charge in [-0.1, -0.05) is 6.07 Å². The molecule has 0 bridgehead atoms. The highest BCUT2D eigenvalue weighted by atomic mass is 19.2. The van der Waals surface area contributed by atoms with Crippen molar-refractivity contribution in [1.82, 2.24) is 5.32 Å². The molecule has 1 heterocycles. The van der Waals surface area contributed by atoms with E-state index in [9.17, 15) is 18.4 Å². The standard InChI is InChI=1S/C11H10F2N2O2/c12-8-3-1-2-7(10(8)13)11(17)15-5-4-14-9(16)6-15/h1-3H,4-6H2,(H,14,16)/p+1. The van der Waals surface area contributed by atoms with Crippen LogP contribution < -0.4 is 10.2 Å². The van der Waals surface area contributed by atoms with Gasteiger partial charge < -0.3 is 5.32 Å². The highest BCUT2D eigenvalue weighted by Crippen LogP contribution is 2.10. The maximum atomic E-state index is 13.4. The summed E-state index contributed by atoms with van der Waals surface area (Å²) in [5, 5.41) is 2.56. The second kappa shape index (κ2) is 4.58. The van der Waals surface area contributed by atoms with Crippen molar-refractivity contribution in [2.45, 2.75) is 0 Å². The molecule has 90 valence electrons. The number of nitrogens with one attached hydrogen (secondary N) is 2. The summed E-state index contributed by atoms with van der Waals surface area (Å²) in [5.74, 6) is -3.07. The van der Waals surface area contributed by atoms with Gasteiger partial charge in [-0.25, -0.2) is 13.6 Å². The van der Waals surface area contributed by atoms with Gasteiger partial charge in [0, 0.05) is 0 Å². The van der Waals surface area contributed by atoms with Crippen LogP contribution >= 0.6 is 0 Å². The number of carbonyl (C=O) groups is 2. The number of carbonyl (C=O) groups excluding carboxylic acids is 2. The molecule has 17 heavy (non-hydrogen) atoms. The number of quaternary nitrogens is 1. The molecular weight excluding hydrogens is 230 g/mol. The monoisotopic (exact) mass is 241 g/mol. The van der Waals surface area contributed by atoms with Crippen molar-refractivity contribution in [2.24, 2.45) is 0 Å². The van der Waals surface area contributed by atoms with Crippen molar-refractivity contribution >= 4 is 11.8 Å². The molecule has 0 spiro atoms. The van der Waals surface area contributed by atoms with Crippen LogP contribution in [-0.4, -0.2) is 31.4 Å². The summed E-state index contributed by atoms with van der Waals surface area (Å²) in [7, 11) is 0. The molecule has 0 aromatic heterocycles. The average Bonchev–Trinajstić information content (AvgIpc) is 2.32. The van der Waals surface area contributed by atoms with Crippen molar-refractivity contribution in [2.75, 3.05) is 19.6 Å².